The standard InChI is InChI=1S/C24H21N5O5S/c1-14(13-31-3)32-19-8-17(22(30)27-24-26-12-15(2)35-24)9-20(10-19)33-18-6-4-5-16(7-18)23-29-28-21(11-25)34-23/h4-10,12,14H,13H2,1-3H3,(H,26,27,30). The van der Waals surface area contributed by atoms with Crippen LogP contribution in [-0.4, -0.2) is 40.9 Å². The van der Waals surface area contributed by atoms with Crippen LogP contribution in [0.15, 0.2) is 53.1 Å². The van der Waals surface area contributed by atoms with Crippen molar-refractivity contribution in [3.05, 3.63) is 65.0 Å². The van der Waals surface area contributed by atoms with Gasteiger partial charge in [-0.15, -0.1) is 16.4 Å². The number of amides is 1. The van der Waals surface area contributed by atoms with Gasteiger partial charge in [0.05, 0.1) is 6.61 Å². The van der Waals surface area contributed by atoms with E-state index in [4.69, 9.17) is 23.9 Å². The van der Waals surface area contributed by atoms with E-state index in [9.17, 15) is 4.79 Å². The molecule has 11 heteroatoms. The molecule has 0 saturated heterocycles. The molecule has 4 rings (SSSR count). The smallest absolute Gasteiger partial charge is 0.321 e. The molecule has 0 aliphatic heterocycles. The molecule has 0 aliphatic carbocycles. The molecule has 4 aromatic rings. The number of thiazole rings is 1. The number of carbonyl (C=O) groups is 1. The first kappa shape index (κ1) is 23.9. The summed E-state index contributed by atoms with van der Waals surface area (Å²) >= 11 is 1.38. The number of ether oxygens (including phenoxy) is 3. The predicted molar refractivity (Wildman–Crippen MR) is 128 cm³/mol. The number of hydrogen-bond acceptors (Lipinski definition) is 10. The van der Waals surface area contributed by atoms with Gasteiger partial charge < -0.3 is 18.6 Å². The van der Waals surface area contributed by atoms with E-state index in [1.165, 1.54) is 11.3 Å². The van der Waals surface area contributed by atoms with E-state index in [0.29, 0.717) is 40.1 Å². The maximum atomic E-state index is 12.9. The summed E-state index contributed by atoms with van der Waals surface area (Å²) in [4.78, 5) is 18.1. The van der Waals surface area contributed by atoms with Gasteiger partial charge in [-0.2, -0.15) is 5.26 Å². The second-order valence-corrected chi connectivity index (χ2v) is 8.70. The van der Waals surface area contributed by atoms with Gasteiger partial charge in [0.2, 0.25) is 5.89 Å². The highest BCUT2D eigenvalue weighted by Crippen LogP contribution is 2.31. The summed E-state index contributed by atoms with van der Waals surface area (Å²) in [6.07, 6.45) is 1.44. The zero-order chi connectivity index (χ0) is 24.8. The van der Waals surface area contributed by atoms with Crippen LogP contribution in [-0.2, 0) is 4.74 Å². The number of aromatic nitrogens is 3. The van der Waals surface area contributed by atoms with Crippen LogP contribution in [0.2, 0.25) is 0 Å². The number of aryl methyl sites for hydroxylation is 1. The molecule has 2 aromatic carbocycles. The lowest BCUT2D eigenvalue weighted by molar-refractivity contribution is 0.0916. The number of carbonyl (C=O) groups excluding carboxylic acids is 1. The zero-order valence-corrected chi connectivity index (χ0v) is 20.0. The first-order chi connectivity index (χ1) is 16.9. The molecule has 0 fully saturated rings. The third-order valence-electron chi connectivity index (χ3n) is 4.56. The summed E-state index contributed by atoms with van der Waals surface area (Å²) in [5.74, 6) is 0.997. The lowest BCUT2D eigenvalue weighted by atomic mass is 10.1. The number of anilines is 1. The Morgan fingerprint density at radius 3 is 2.74 bits per heavy atom. The average molecular weight is 492 g/mol. The Balaban J connectivity index is 1.61. The van der Waals surface area contributed by atoms with Crippen LogP contribution >= 0.6 is 11.3 Å². The number of nitrogens with one attached hydrogen (secondary N) is 1. The highest BCUT2D eigenvalue weighted by molar-refractivity contribution is 7.15. The van der Waals surface area contributed by atoms with Gasteiger partial charge in [-0.1, -0.05) is 11.2 Å². The fourth-order valence-corrected chi connectivity index (χ4v) is 3.79. The van der Waals surface area contributed by atoms with E-state index in [2.05, 4.69) is 20.5 Å². The second kappa shape index (κ2) is 10.8. The minimum absolute atomic E-state index is 0.132. The normalized spacial score (nSPS) is 11.5. The number of rotatable bonds is 9. The zero-order valence-electron chi connectivity index (χ0n) is 19.1. The summed E-state index contributed by atoms with van der Waals surface area (Å²) in [5, 5.41) is 19.7. The molecule has 178 valence electrons. The Kier molecular flexibility index (Phi) is 7.35. The topological polar surface area (TPSA) is 132 Å². The molecule has 1 atom stereocenters. The van der Waals surface area contributed by atoms with Crippen molar-refractivity contribution in [1.82, 2.24) is 15.2 Å². The van der Waals surface area contributed by atoms with Gasteiger partial charge in [-0.05, 0) is 44.2 Å². The van der Waals surface area contributed by atoms with Crippen molar-refractivity contribution in [2.24, 2.45) is 0 Å². The molecule has 2 heterocycles. The quantitative estimate of drug-likeness (QED) is 0.349. The van der Waals surface area contributed by atoms with Gasteiger partial charge in [0.15, 0.2) is 11.2 Å². The lowest BCUT2D eigenvalue weighted by Gasteiger charge is -2.16. The van der Waals surface area contributed by atoms with Crippen LogP contribution in [0.25, 0.3) is 11.5 Å². The predicted octanol–water partition coefficient (Wildman–Crippen LogP) is 4.83. The van der Waals surface area contributed by atoms with Crippen molar-refractivity contribution >= 4 is 22.4 Å². The van der Waals surface area contributed by atoms with E-state index in [1.807, 2.05) is 13.8 Å². The van der Waals surface area contributed by atoms with Gasteiger partial charge in [-0.3, -0.25) is 10.1 Å². The Morgan fingerprint density at radius 1 is 1.20 bits per heavy atom. The SMILES string of the molecule is COCC(C)Oc1cc(Oc2cccc(-c3nnc(C#N)o3)c2)cc(C(=O)Nc2ncc(C)s2)c1. The molecule has 2 aromatic heterocycles. The Bertz CT molecular complexity index is 1380. The van der Waals surface area contributed by atoms with Crippen molar-refractivity contribution < 1.29 is 23.4 Å². The summed E-state index contributed by atoms with van der Waals surface area (Å²) in [7, 11) is 1.59. The van der Waals surface area contributed by atoms with Crippen LogP contribution in [0.4, 0.5) is 5.13 Å². The van der Waals surface area contributed by atoms with Gasteiger partial charge in [0.25, 0.3) is 5.91 Å². The van der Waals surface area contributed by atoms with Crippen molar-refractivity contribution in [3.8, 4) is 34.8 Å². The van der Waals surface area contributed by atoms with E-state index in [1.54, 1.807) is 61.8 Å². The van der Waals surface area contributed by atoms with Gasteiger partial charge >= 0.3 is 5.89 Å². The van der Waals surface area contributed by atoms with Crippen LogP contribution in [0, 0.1) is 18.3 Å². The van der Waals surface area contributed by atoms with Crippen LogP contribution in [0.3, 0.4) is 0 Å². The minimum atomic E-state index is -0.349. The molecule has 0 radical (unpaired) electrons. The summed E-state index contributed by atoms with van der Waals surface area (Å²) in [5.41, 5.74) is 0.913. The number of methoxy groups -OCH3 is 1. The maximum Gasteiger partial charge on any atom is 0.321 e. The molecule has 0 saturated carbocycles. The Hall–Kier alpha value is -4.27. The fraction of sp³-hybridized carbons (Fsp3) is 0.208. The lowest BCUT2D eigenvalue weighted by Crippen LogP contribution is -2.18. The number of nitriles is 1. The molecular formula is C24H21N5O5S. The summed E-state index contributed by atoms with van der Waals surface area (Å²) in [6, 6.07) is 13.7. The third-order valence-corrected chi connectivity index (χ3v) is 5.39. The first-order valence-electron chi connectivity index (χ1n) is 10.5. The van der Waals surface area contributed by atoms with E-state index in [0.717, 1.165) is 4.88 Å². The summed E-state index contributed by atoms with van der Waals surface area (Å²) < 4.78 is 22.4. The van der Waals surface area contributed by atoms with Crippen molar-refractivity contribution in [2.45, 2.75) is 20.0 Å². The van der Waals surface area contributed by atoms with Gasteiger partial charge in [0.1, 0.15) is 23.4 Å². The Morgan fingerprint density at radius 2 is 2.03 bits per heavy atom. The minimum Gasteiger partial charge on any atom is -0.488 e. The Labute approximate surface area is 205 Å². The molecule has 35 heavy (non-hydrogen) atoms. The van der Waals surface area contributed by atoms with Gasteiger partial charge in [-0.25, -0.2) is 4.98 Å². The third kappa shape index (κ3) is 6.20. The summed E-state index contributed by atoms with van der Waals surface area (Å²) in [6.45, 7) is 4.15. The molecule has 1 N–H and O–H groups in total. The molecule has 0 aliphatic rings. The molecular weight excluding hydrogens is 470 g/mol. The molecule has 1 amide bonds. The maximum absolute atomic E-state index is 12.9. The highest BCUT2D eigenvalue weighted by Gasteiger charge is 2.15. The monoisotopic (exact) mass is 491 g/mol. The molecule has 1 unspecified atom stereocenters. The van der Waals surface area contributed by atoms with Crippen LogP contribution in [0.1, 0.15) is 28.0 Å². The van der Waals surface area contributed by atoms with E-state index >= 15 is 0 Å². The number of hydrogen-bond donors (Lipinski definition) is 1. The molecule has 0 bridgehead atoms. The van der Waals surface area contributed by atoms with Crippen LogP contribution < -0.4 is 14.8 Å². The largest absolute Gasteiger partial charge is 0.488 e. The number of benzene rings is 2. The first-order valence-corrected chi connectivity index (χ1v) is 11.3. The van der Waals surface area contributed by atoms with Crippen LogP contribution in [0.5, 0.6) is 17.2 Å². The highest BCUT2D eigenvalue weighted by atomic mass is 32.1. The second-order valence-electron chi connectivity index (χ2n) is 7.46. The van der Waals surface area contributed by atoms with Crippen molar-refractivity contribution in [2.75, 3.05) is 19.0 Å². The van der Waals surface area contributed by atoms with Gasteiger partial charge in [0, 0.05) is 35.4 Å². The fourth-order valence-electron chi connectivity index (χ4n) is 3.13. The van der Waals surface area contributed by atoms with E-state index in [-0.39, 0.29) is 23.8 Å². The number of nitrogens with zero attached hydrogens (tertiary/aromatic N) is 4. The van der Waals surface area contributed by atoms with Crippen molar-refractivity contribution in [3.63, 3.8) is 0 Å². The van der Waals surface area contributed by atoms with E-state index < -0.39 is 0 Å². The molecule has 10 nitrogen and oxygen atoms in total. The molecule has 0 spiro atoms. The van der Waals surface area contributed by atoms with Crippen molar-refractivity contribution in [1.29, 1.82) is 5.26 Å². The average Bonchev–Trinajstić information content (AvgIpc) is 3.48.